The third-order valence-corrected chi connectivity index (χ3v) is 4.82. The lowest BCUT2D eigenvalue weighted by molar-refractivity contribution is 0.280. The lowest BCUT2D eigenvalue weighted by Gasteiger charge is -2.16. The molecule has 6 nitrogen and oxygen atoms in total. The Morgan fingerprint density at radius 3 is 2.44 bits per heavy atom. The number of hydrogen-bond acceptors (Lipinski definition) is 4. The summed E-state index contributed by atoms with van der Waals surface area (Å²) in [5.74, 6) is 0.629. The molecular weight excluding hydrogens is 344 g/mol. The maximum Gasteiger partial charge on any atom is 0.331 e. The molecule has 27 heavy (non-hydrogen) atoms. The summed E-state index contributed by atoms with van der Waals surface area (Å²) in [7, 11) is 3.25. The molecule has 0 fully saturated rings. The van der Waals surface area contributed by atoms with Gasteiger partial charge in [0.1, 0.15) is 5.75 Å². The first-order valence-electron chi connectivity index (χ1n) is 9.02. The summed E-state index contributed by atoms with van der Waals surface area (Å²) in [5.41, 5.74) is 1.77. The summed E-state index contributed by atoms with van der Waals surface area (Å²) in [6, 6.07) is 13.4. The van der Waals surface area contributed by atoms with Crippen LogP contribution in [0.3, 0.4) is 0 Å². The maximum atomic E-state index is 13.2. The van der Waals surface area contributed by atoms with Crippen LogP contribution in [0.4, 0.5) is 0 Å². The molecule has 0 aliphatic rings. The molecule has 0 bridgehead atoms. The zero-order valence-corrected chi connectivity index (χ0v) is 15.6. The third-order valence-electron chi connectivity index (χ3n) is 4.82. The zero-order valence-electron chi connectivity index (χ0n) is 15.6. The van der Waals surface area contributed by atoms with Crippen LogP contribution in [0, 0.1) is 0 Å². The topological polar surface area (TPSA) is 73.5 Å². The van der Waals surface area contributed by atoms with Gasteiger partial charge >= 0.3 is 5.69 Å². The highest BCUT2D eigenvalue weighted by molar-refractivity contribution is 5.84. The number of rotatable bonds is 7. The second-order valence-corrected chi connectivity index (χ2v) is 6.53. The number of methoxy groups -OCH3 is 1. The van der Waals surface area contributed by atoms with Crippen LogP contribution in [-0.4, -0.2) is 28.0 Å². The number of ether oxygens (including phenoxy) is 1. The Hall–Kier alpha value is -2.86. The molecule has 0 aliphatic heterocycles. The van der Waals surface area contributed by atoms with Crippen LogP contribution in [0.2, 0.25) is 0 Å². The Morgan fingerprint density at radius 1 is 1.04 bits per heavy atom. The van der Waals surface area contributed by atoms with E-state index in [0.29, 0.717) is 35.9 Å². The van der Waals surface area contributed by atoms with E-state index in [1.165, 1.54) is 9.13 Å². The highest BCUT2D eigenvalue weighted by atomic mass is 16.5. The fraction of sp³-hybridized carbons (Fsp3) is 0.333. The smallest absolute Gasteiger partial charge is 0.331 e. The fourth-order valence-corrected chi connectivity index (χ4v) is 3.39. The average Bonchev–Trinajstić information content (AvgIpc) is 2.69. The Morgan fingerprint density at radius 2 is 1.78 bits per heavy atom. The van der Waals surface area contributed by atoms with Crippen molar-refractivity contribution >= 4 is 10.9 Å². The molecule has 6 heteroatoms. The number of nitrogens with zero attached hydrogens (tertiary/aromatic N) is 2. The summed E-state index contributed by atoms with van der Waals surface area (Å²) in [6.07, 6.45) is 1.64. The first kappa shape index (κ1) is 18.9. The summed E-state index contributed by atoms with van der Waals surface area (Å²) < 4.78 is 8.28. The Labute approximate surface area is 157 Å². The van der Waals surface area contributed by atoms with Gasteiger partial charge in [0.25, 0.3) is 5.56 Å². The molecule has 0 radical (unpaired) electrons. The molecule has 3 aromatic rings. The molecule has 3 rings (SSSR count). The van der Waals surface area contributed by atoms with Crippen molar-refractivity contribution in [2.75, 3.05) is 13.7 Å². The van der Waals surface area contributed by atoms with Gasteiger partial charge in [-0.3, -0.25) is 13.9 Å². The van der Waals surface area contributed by atoms with E-state index in [2.05, 4.69) is 0 Å². The third kappa shape index (κ3) is 3.66. The minimum Gasteiger partial charge on any atom is -0.496 e. The van der Waals surface area contributed by atoms with Crippen molar-refractivity contribution in [3.63, 3.8) is 0 Å². The quantitative estimate of drug-likeness (QED) is 0.648. The molecule has 0 amide bonds. The van der Waals surface area contributed by atoms with Gasteiger partial charge in [-0.2, -0.15) is 0 Å². The molecule has 1 N–H and O–H groups in total. The number of unbranched alkanes of at least 4 members (excludes halogenated alkanes) is 1. The van der Waals surface area contributed by atoms with Gasteiger partial charge in [-0.05, 0) is 30.5 Å². The van der Waals surface area contributed by atoms with Gasteiger partial charge in [0.2, 0.25) is 0 Å². The van der Waals surface area contributed by atoms with Gasteiger partial charge in [0.15, 0.2) is 0 Å². The molecule has 0 atom stereocenters. The standard InChI is InChI=1S/C21H24N2O4/c1-22-17-10-11-18(27-2)16(14-15-8-4-3-5-9-15)19(17)20(25)23(21(22)26)12-6-7-13-24/h3-5,8-11,24H,6-7,12-14H2,1-2H3. The minimum atomic E-state index is -0.346. The molecule has 1 aromatic heterocycles. The highest BCUT2D eigenvalue weighted by Crippen LogP contribution is 2.27. The minimum absolute atomic E-state index is 0.0374. The summed E-state index contributed by atoms with van der Waals surface area (Å²) in [5, 5.41) is 9.50. The van der Waals surface area contributed by atoms with E-state index in [4.69, 9.17) is 9.84 Å². The van der Waals surface area contributed by atoms with Gasteiger partial charge in [0.05, 0.1) is 18.0 Å². The largest absolute Gasteiger partial charge is 0.496 e. The van der Waals surface area contributed by atoms with Crippen LogP contribution < -0.4 is 16.0 Å². The van der Waals surface area contributed by atoms with Crippen molar-refractivity contribution in [1.29, 1.82) is 0 Å². The number of aliphatic hydroxyl groups is 1. The average molecular weight is 368 g/mol. The van der Waals surface area contributed by atoms with E-state index in [0.717, 1.165) is 11.1 Å². The van der Waals surface area contributed by atoms with Gasteiger partial charge < -0.3 is 9.84 Å². The van der Waals surface area contributed by atoms with E-state index in [1.54, 1.807) is 26.3 Å². The Kier molecular flexibility index (Phi) is 5.76. The molecule has 2 aromatic carbocycles. The van der Waals surface area contributed by atoms with Crippen LogP contribution in [0.15, 0.2) is 52.1 Å². The van der Waals surface area contributed by atoms with Gasteiger partial charge in [-0.25, -0.2) is 4.79 Å². The molecule has 142 valence electrons. The van der Waals surface area contributed by atoms with Gasteiger partial charge in [0, 0.05) is 32.2 Å². The van der Waals surface area contributed by atoms with E-state index < -0.39 is 0 Å². The Balaban J connectivity index is 2.26. The molecule has 0 saturated heterocycles. The van der Waals surface area contributed by atoms with Crippen molar-refractivity contribution < 1.29 is 9.84 Å². The number of hydrogen-bond donors (Lipinski definition) is 1. The van der Waals surface area contributed by atoms with E-state index in [-0.39, 0.29) is 24.4 Å². The zero-order chi connectivity index (χ0) is 19.4. The first-order chi connectivity index (χ1) is 13.1. The maximum absolute atomic E-state index is 13.2. The summed E-state index contributed by atoms with van der Waals surface area (Å²) in [4.78, 5) is 25.9. The number of aliphatic hydroxyl groups excluding tert-OH is 1. The van der Waals surface area contributed by atoms with Crippen LogP contribution >= 0.6 is 0 Å². The van der Waals surface area contributed by atoms with Crippen molar-refractivity contribution in [2.24, 2.45) is 7.05 Å². The van der Waals surface area contributed by atoms with Crippen LogP contribution in [0.25, 0.3) is 10.9 Å². The first-order valence-corrected chi connectivity index (χ1v) is 9.02. The fourth-order valence-electron chi connectivity index (χ4n) is 3.39. The molecular formula is C21H24N2O4. The Bertz CT molecular complexity index is 1050. The van der Waals surface area contributed by atoms with Crippen LogP contribution in [0.5, 0.6) is 5.75 Å². The second kappa shape index (κ2) is 8.22. The van der Waals surface area contributed by atoms with Crippen LogP contribution in [-0.2, 0) is 20.0 Å². The number of aromatic nitrogens is 2. The molecule has 1 heterocycles. The molecule has 0 unspecified atom stereocenters. The highest BCUT2D eigenvalue weighted by Gasteiger charge is 2.18. The molecule has 0 spiro atoms. The van der Waals surface area contributed by atoms with E-state index in [9.17, 15) is 9.59 Å². The van der Waals surface area contributed by atoms with E-state index in [1.807, 2.05) is 30.3 Å². The summed E-state index contributed by atoms with van der Waals surface area (Å²) in [6.45, 7) is 0.319. The van der Waals surface area contributed by atoms with Crippen molar-refractivity contribution in [3.05, 3.63) is 74.4 Å². The van der Waals surface area contributed by atoms with Crippen molar-refractivity contribution in [3.8, 4) is 5.75 Å². The summed E-state index contributed by atoms with van der Waals surface area (Å²) >= 11 is 0. The van der Waals surface area contributed by atoms with Crippen molar-refractivity contribution in [2.45, 2.75) is 25.8 Å². The predicted octanol–water partition coefficient (Wildman–Crippen LogP) is 2.07. The molecule has 0 aliphatic carbocycles. The van der Waals surface area contributed by atoms with Gasteiger partial charge in [-0.1, -0.05) is 30.3 Å². The lowest BCUT2D eigenvalue weighted by Crippen LogP contribution is -2.39. The SMILES string of the molecule is COc1ccc2c(c1Cc1ccccc1)c(=O)n(CCCCO)c(=O)n2C. The second-order valence-electron chi connectivity index (χ2n) is 6.53. The number of aryl methyl sites for hydroxylation is 1. The lowest BCUT2D eigenvalue weighted by atomic mass is 10.00. The van der Waals surface area contributed by atoms with E-state index >= 15 is 0 Å². The predicted molar refractivity (Wildman–Crippen MR) is 106 cm³/mol. The normalized spacial score (nSPS) is 11.1. The van der Waals surface area contributed by atoms with Crippen LogP contribution in [0.1, 0.15) is 24.0 Å². The number of fused-ring (bicyclic) bond motifs is 1. The van der Waals surface area contributed by atoms with Crippen molar-refractivity contribution in [1.82, 2.24) is 9.13 Å². The van der Waals surface area contributed by atoms with Gasteiger partial charge in [-0.15, -0.1) is 0 Å². The monoisotopic (exact) mass is 368 g/mol. The number of benzene rings is 2. The molecule has 0 saturated carbocycles.